The smallest absolute Gasteiger partial charge is 0.254 e. The molecule has 2 heterocycles. The summed E-state index contributed by atoms with van der Waals surface area (Å²) in [4.78, 5) is 18.6. The summed E-state index contributed by atoms with van der Waals surface area (Å²) in [6.07, 6.45) is 0.922. The number of fused-ring (bicyclic) bond motifs is 1. The number of aromatic nitrogens is 4. The van der Waals surface area contributed by atoms with Gasteiger partial charge in [0.25, 0.3) is 5.91 Å². The van der Waals surface area contributed by atoms with E-state index in [1.54, 1.807) is 41.5 Å². The van der Waals surface area contributed by atoms with Gasteiger partial charge in [-0.05, 0) is 24.6 Å². The minimum Gasteiger partial charge on any atom is -0.336 e. The lowest BCUT2D eigenvalue weighted by Crippen LogP contribution is -2.26. The van der Waals surface area contributed by atoms with E-state index in [-0.39, 0.29) is 5.91 Å². The Hall–Kier alpha value is -2.28. The highest BCUT2D eigenvalue weighted by atomic mass is 32.1. The predicted molar refractivity (Wildman–Crippen MR) is 81.2 cm³/mol. The number of benzene rings is 1. The molecule has 0 aliphatic carbocycles. The fraction of sp³-hybridized carbons (Fsp3) is 0.286. The Bertz CT molecular complexity index is 778. The van der Waals surface area contributed by atoms with E-state index in [0.717, 1.165) is 22.6 Å². The number of aryl methyl sites for hydroxylation is 1. The second-order valence-electron chi connectivity index (χ2n) is 4.77. The van der Waals surface area contributed by atoms with Gasteiger partial charge in [-0.1, -0.05) is 6.92 Å². The number of nitrogens with zero attached hydrogens (tertiary/aromatic N) is 4. The molecule has 1 N–H and O–H groups in total. The number of carbonyl (C=O) groups excluding carboxylic acids is 1. The SMILES string of the molecule is CCc1nc(CN(C)C(=O)c2ccc3n[nH]nc3c2)cs1. The van der Waals surface area contributed by atoms with E-state index in [9.17, 15) is 4.79 Å². The Morgan fingerprint density at radius 1 is 1.33 bits per heavy atom. The first-order valence-corrected chi connectivity index (χ1v) is 7.54. The molecule has 21 heavy (non-hydrogen) atoms. The fourth-order valence-electron chi connectivity index (χ4n) is 2.09. The lowest BCUT2D eigenvalue weighted by atomic mass is 10.2. The van der Waals surface area contributed by atoms with Crippen LogP contribution in [0.2, 0.25) is 0 Å². The topological polar surface area (TPSA) is 74.8 Å². The molecule has 0 aliphatic heterocycles. The van der Waals surface area contributed by atoms with Crippen LogP contribution in [0.15, 0.2) is 23.6 Å². The molecule has 0 unspecified atom stereocenters. The summed E-state index contributed by atoms with van der Waals surface area (Å²) in [7, 11) is 1.78. The van der Waals surface area contributed by atoms with Gasteiger partial charge in [-0.3, -0.25) is 4.79 Å². The lowest BCUT2D eigenvalue weighted by Gasteiger charge is -2.15. The number of hydrogen-bond donors (Lipinski definition) is 1. The molecule has 0 radical (unpaired) electrons. The zero-order chi connectivity index (χ0) is 14.8. The average molecular weight is 301 g/mol. The third-order valence-electron chi connectivity index (χ3n) is 3.21. The van der Waals surface area contributed by atoms with Gasteiger partial charge in [0.1, 0.15) is 11.0 Å². The molecule has 1 aromatic carbocycles. The molecular formula is C14H15N5OS. The molecule has 2 aromatic heterocycles. The van der Waals surface area contributed by atoms with Crippen molar-refractivity contribution in [2.45, 2.75) is 19.9 Å². The van der Waals surface area contributed by atoms with Crippen molar-refractivity contribution in [3.8, 4) is 0 Å². The van der Waals surface area contributed by atoms with Crippen LogP contribution in [0, 0.1) is 0 Å². The molecule has 0 saturated carbocycles. The molecule has 6 nitrogen and oxygen atoms in total. The van der Waals surface area contributed by atoms with E-state index in [1.807, 2.05) is 5.38 Å². The Morgan fingerprint density at radius 2 is 2.14 bits per heavy atom. The van der Waals surface area contributed by atoms with E-state index in [1.165, 1.54) is 0 Å². The monoisotopic (exact) mass is 301 g/mol. The molecule has 3 aromatic rings. The highest BCUT2D eigenvalue weighted by molar-refractivity contribution is 7.09. The van der Waals surface area contributed by atoms with Gasteiger partial charge < -0.3 is 4.90 Å². The molecule has 1 amide bonds. The standard InChI is InChI=1S/C14H15N5OS/c1-3-13-15-10(8-21-13)7-19(2)14(20)9-4-5-11-12(6-9)17-18-16-11/h4-6,8H,3,7H2,1-2H3,(H,16,17,18). The summed E-state index contributed by atoms with van der Waals surface area (Å²) in [5.74, 6) is -0.0500. The molecule has 0 spiro atoms. The third-order valence-corrected chi connectivity index (χ3v) is 4.25. The molecule has 0 saturated heterocycles. The maximum absolute atomic E-state index is 12.4. The summed E-state index contributed by atoms with van der Waals surface area (Å²) >= 11 is 1.63. The van der Waals surface area contributed by atoms with Crippen molar-refractivity contribution in [3.05, 3.63) is 39.8 Å². The molecule has 0 fully saturated rings. The molecule has 108 valence electrons. The van der Waals surface area contributed by atoms with E-state index >= 15 is 0 Å². The van der Waals surface area contributed by atoms with Crippen molar-refractivity contribution < 1.29 is 4.79 Å². The summed E-state index contributed by atoms with van der Waals surface area (Å²) in [6.45, 7) is 2.58. The van der Waals surface area contributed by atoms with Crippen molar-refractivity contribution in [1.82, 2.24) is 25.3 Å². The zero-order valence-electron chi connectivity index (χ0n) is 11.8. The van der Waals surface area contributed by atoms with Crippen LogP contribution in [0.4, 0.5) is 0 Å². The van der Waals surface area contributed by atoms with Crippen LogP contribution in [-0.2, 0) is 13.0 Å². The third kappa shape index (κ3) is 2.78. The van der Waals surface area contributed by atoms with E-state index in [2.05, 4.69) is 27.3 Å². The second-order valence-corrected chi connectivity index (χ2v) is 5.72. The van der Waals surface area contributed by atoms with Gasteiger partial charge in [0.15, 0.2) is 0 Å². The Kier molecular flexibility index (Phi) is 3.66. The van der Waals surface area contributed by atoms with E-state index in [0.29, 0.717) is 17.6 Å². The zero-order valence-corrected chi connectivity index (χ0v) is 12.6. The van der Waals surface area contributed by atoms with Gasteiger partial charge in [-0.25, -0.2) is 4.98 Å². The van der Waals surface area contributed by atoms with Crippen molar-refractivity contribution in [3.63, 3.8) is 0 Å². The summed E-state index contributed by atoms with van der Waals surface area (Å²) < 4.78 is 0. The molecule has 0 bridgehead atoms. The van der Waals surface area contributed by atoms with Crippen LogP contribution in [0.3, 0.4) is 0 Å². The second kappa shape index (κ2) is 5.61. The van der Waals surface area contributed by atoms with E-state index in [4.69, 9.17) is 0 Å². The molecule has 0 atom stereocenters. The first-order chi connectivity index (χ1) is 10.2. The van der Waals surface area contributed by atoms with Gasteiger partial charge >= 0.3 is 0 Å². The molecule has 3 rings (SSSR count). The van der Waals surface area contributed by atoms with Gasteiger partial charge in [-0.2, -0.15) is 15.4 Å². The van der Waals surface area contributed by atoms with Crippen molar-refractivity contribution >= 4 is 28.3 Å². The van der Waals surface area contributed by atoms with Crippen molar-refractivity contribution in [2.75, 3.05) is 7.05 Å². The highest BCUT2D eigenvalue weighted by Gasteiger charge is 2.14. The largest absolute Gasteiger partial charge is 0.336 e. The van der Waals surface area contributed by atoms with Crippen molar-refractivity contribution in [1.29, 1.82) is 0 Å². The summed E-state index contributed by atoms with van der Waals surface area (Å²) in [5.41, 5.74) is 2.97. The maximum Gasteiger partial charge on any atom is 0.254 e. The molecule has 7 heteroatoms. The Balaban J connectivity index is 1.76. The number of thiazole rings is 1. The number of rotatable bonds is 4. The van der Waals surface area contributed by atoms with Crippen LogP contribution < -0.4 is 0 Å². The highest BCUT2D eigenvalue weighted by Crippen LogP contribution is 2.15. The van der Waals surface area contributed by atoms with Gasteiger partial charge in [-0.15, -0.1) is 11.3 Å². The summed E-state index contributed by atoms with van der Waals surface area (Å²) in [5, 5.41) is 13.6. The minimum absolute atomic E-state index is 0.0500. The lowest BCUT2D eigenvalue weighted by molar-refractivity contribution is 0.0783. The predicted octanol–water partition coefficient (Wildman–Crippen LogP) is 2.25. The quantitative estimate of drug-likeness (QED) is 0.802. The molecule has 0 aliphatic rings. The van der Waals surface area contributed by atoms with Gasteiger partial charge in [0.05, 0.1) is 17.2 Å². The minimum atomic E-state index is -0.0500. The molecular weight excluding hydrogens is 286 g/mol. The van der Waals surface area contributed by atoms with Crippen LogP contribution in [0.25, 0.3) is 11.0 Å². The van der Waals surface area contributed by atoms with Crippen molar-refractivity contribution in [2.24, 2.45) is 0 Å². The van der Waals surface area contributed by atoms with Crippen LogP contribution in [0.5, 0.6) is 0 Å². The number of amides is 1. The maximum atomic E-state index is 12.4. The fourth-order valence-corrected chi connectivity index (χ4v) is 2.83. The van der Waals surface area contributed by atoms with Crippen LogP contribution >= 0.6 is 11.3 Å². The number of aromatic amines is 1. The average Bonchev–Trinajstić information content (AvgIpc) is 3.13. The number of H-pyrrole nitrogens is 1. The summed E-state index contributed by atoms with van der Waals surface area (Å²) in [6, 6.07) is 5.30. The van der Waals surface area contributed by atoms with E-state index < -0.39 is 0 Å². The van der Waals surface area contributed by atoms with Gasteiger partial charge in [0, 0.05) is 18.0 Å². The Morgan fingerprint density at radius 3 is 2.90 bits per heavy atom. The number of hydrogen-bond acceptors (Lipinski definition) is 5. The number of nitrogens with one attached hydrogen (secondary N) is 1. The Labute approximate surface area is 125 Å². The van der Waals surface area contributed by atoms with Crippen LogP contribution in [0.1, 0.15) is 28.0 Å². The van der Waals surface area contributed by atoms with Gasteiger partial charge in [0.2, 0.25) is 0 Å². The first kappa shape index (κ1) is 13.7. The number of carbonyl (C=O) groups is 1. The van der Waals surface area contributed by atoms with Crippen LogP contribution in [-0.4, -0.2) is 38.2 Å². The normalized spacial score (nSPS) is 11.0. The first-order valence-electron chi connectivity index (χ1n) is 6.66.